The van der Waals surface area contributed by atoms with Gasteiger partial charge in [-0.3, -0.25) is 4.79 Å². The molecule has 4 heteroatoms. The number of nitrogens with two attached hydrogens (primary N) is 1. The quantitative estimate of drug-likeness (QED) is 0.615. The highest BCUT2D eigenvalue weighted by Crippen LogP contribution is 2.42. The molecule has 0 saturated heterocycles. The van der Waals surface area contributed by atoms with Crippen LogP contribution < -0.4 is 11.1 Å². The first-order valence-corrected chi connectivity index (χ1v) is 7.13. The summed E-state index contributed by atoms with van der Waals surface area (Å²) < 4.78 is 0. The van der Waals surface area contributed by atoms with E-state index in [-0.39, 0.29) is 23.3 Å². The fourth-order valence-electron chi connectivity index (χ4n) is 2.60. The van der Waals surface area contributed by atoms with E-state index in [2.05, 4.69) is 19.2 Å². The summed E-state index contributed by atoms with van der Waals surface area (Å²) in [4.78, 5) is 12.0. The summed E-state index contributed by atoms with van der Waals surface area (Å²) in [5, 5.41) is 12.4. The molecule has 0 radical (unpaired) electrons. The van der Waals surface area contributed by atoms with Gasteiger partial charge in [0, 0.05) is 18.4 Å². The first-order chi connectivity index (χ1) is 8.55. The lowest BCUT2D eigenvalue weighted by Gasteiger charge is -2.40. The minimum absolute atomic E-state index is 0.0599. The fraction of sp³-hybridized carbons (Fsp3) is 0.929. The maximum absolute atomic E-state index is 12.0. The fourth-order valence-corrected chi connectivity index (χ4v) is 2.60. The average molecular weight is 256 g/mol. The van der Waals surface area contributed by atoms with Gasteiger partial charge >= 0.3 is 0 Å². The first kappa shape index (κ1) is 15.4. The van der Waals surface area contributed by atoms with Crippen molar-refractivity contribution in [2.45, 2.75) is 52.4 Å². The molecule has 0 aromatic rings. The lowest BCUT2D eigenvalue weighted by atomic mass is 9.66. The van der Waals surface area contributed by atoms with E-state index in [0.717, 1.165) is 25.7 Å². The molecule has 4 N–H and O–H groups in total. The summed E-state index contributed by atoms with van der Waals surface area (Å²) in [6.45, 7) is 5.41. The molecule has 0 aromatic carbocycles. The van der Waals surface area contributed by atoms with Crippen molar-refractivity contribution in [3.63, 3.8) is 0 Å². The van der Waals surface area contributed by atoms with E-state index in [1.54, 1.807) is 0 Å². The van der Waals surface area contributed by atoms with Crippen molar-refractivity contribution in [1.29, 1.82) is 0 Å². The monoisotopic (exact) mass is 256 g/mol. The van der Waals surface area contributed by atoms with Crippen LogP contribution in [0.25, 0.3) is 0 Å². The standard InChI is InChI=1S/C14H28N2O2/c1-3-13(4-2,11-17)10-16-12(18)8-14(9-15)6-5-7-14/h17H,3-11,15H2,1-2H3,(H,16,18). The number of nitrogens with one attached hydrogen (secondary N) is 1. The van der Waals surface area contributed by atoms with Gasteiger partial charge in [-0.2, -0.15) is 0 Å². The van der Waals surface area contributed by atoms with Crippen molar-refractivity contribution < 1.29 is 9.90 Å². The van der Waals surface area contributed by atoms with Gasteiger partial charge in [-0.25, -0.2) is 0 Å². The Balaban J connectivity index is 2.40. The van der Waals surface area contributed by atoms with Crippen LogP contribution in [0.15, 0.2) is 0 Å². The smallest absolute Gasteiger partial charge is 0.220 e. The molecule has 0 aliphatic heterocycles. The van der Waals surface area contributed by atoms with Crippen molar-refractivity contribution in [2.75, 3.05) is 19.7 Å². The van der Waals surface area contributed by atoms with Gasteiger partial charge in [0.25, 0.3) is 0 Å². The predicted octanol–water partition coefficient (Wildman–Crippen LogP) is 1.42. The summed E-state index contributed by atoms with van der Waals surface area (Å²) in [6.07, 6.45) is 5.63. The Kier molecular flexibility index (Phi) is 5.60. The zero-order valence-corrected chi connectivity index (χ0v) is 11.8. The van der Waals surface area contributed by atoms with Crippen molar-refractivity contribution >= 4 is 5.91 Å². The molecule has 0 aromatic heterocycles. The van der Waals surface area contributed by atoms with Gasteiger partial charge < -0.3 is 16.2 Å². The van der Waals surface area contributed by atoms with Crippen molar-refractivity contribution in [2.24, 2.45) is 16.6 Å². The van der Waals surface area contributed by atoms with E-state index >= 15 is 0 Å². The van der Waals surface area contributed by atoms with E-state index in [9.17, 15) is 9.90 Å². The number of rotatable bonds is 8. The normalized spacial score (nSPS) is 18.2. The Morgan fingerprint density at radius 3 is 2.33 bits per heavy atom. The van der Waals surface area contributed by atoms with Gasteiger partial charge in [0.2, 0.25) is 5.91 Å². The molecule has 4 nitrogen and oxygen atoms in total. The Hall–Kier alpha value is -0.610. The number of carbonyl (C=O) groups excluding carboxylic acids is 1. The Bertz CT molecular complexity index is 257. The summed E-state index contributed by atoms with van der Waals surface area (Å²) in [6, 6.07) is 0. The van der Waals surface area contributed by atoms with Crippen LogP contribution in [0.5, 0.6) is 0 Å². The minimum Gasteiger partial charge on any atom is -0.396 e. The molecule has 1 fully saturated rings. The van der Waals surface area contributed by atoms with Gasteiger partial charge in [-0.15, -0.1) is 0 Å². The Morgan fingerprint density at radius 1 is 1.39 bits per heavy atom. The molecule has 0 bridgehead atoms. The van der Waals surface area contributed by atoms with Crippen molar-refractivity contribution in [1.82, 2.24) is 5.32 Å². The summed E-state index contributed by atoms with van der Waals surface area (Å²) in [7, 11) is 0. The van der Waals surface area contributed by atoms with Gasteiger partial charge in [-0.1, -0.05) is 20.3 Å². The molecule has 18 heavy (non-hydrogen) atoms. The van der Waals surface area contributed by atoms with Gasteiger partial charge in [0.1, 0.15) is 0 Å². The molecular formula is C14H28N2O2. The molecule has 0 unspecified atom stereocenters. The van der Waals surface area contributed by atoms with Gasteiger partial charge in [-0.05, 0) is 37.6 Å². The SMILES string of the molecule is CCC(CC)(CO)CNC(=O)CC1(CN)CCC1. The molecule has 106 valence electrons. The maximum Gasteiger partial charge on any atom is 0.220 e. The van der Waals surface area contributed by atoms with Crippen molar-refractivity contribution in [3.8, 4) is 0 Å². The number of hydrogen-bond donors (Lipinski definition) is 3. The number of hydrogen-bond acceptors (Lipinski definition) is 3. The first-order valence-electron chi connectivity index (χ1n) is 7.13. The van der Waals surface area contributed by atoms with Gasteiger partial charge in [0.05, 0.1) is 6.61 Å². The summed E-state index contributed by atoms with van der Waals surface area (Å²) >= 11 is 0. The zero-order valence-electron chi connectivity index (χ0n) is 11.8. The van der Waals surface area contributed by atoms with Gasteiger partial charge in [0.15, 0.2) is 0 Å². The molecule has 1 aliphatic carbocycles. The topological polar surface area (TPSA) is 75.3 Å². The van der Waals surface area contributed by atoms with Crippen LogP contribution in [0.1, 0.15) is 52.4 Å². The molecule has 0 atom stereocenters. The highest BCUT2D eigenvalue weighted by atomic mass is 16.3. The lowest BCUT2D eigenvalue weighted by molar-refractivity contribution is -0.125. The Labute approximate surface area is 110 Å². The van der Waals surface area contributed by atoms with Crippen molar-refractivity contribution in [3.05, 3.63) is 0 Å². The Morgan fingerprint density at radius 2 is 2.00 bits per heavy atom. The minimum atomic E-state index is -0.162. The van der Waals surface area contributed by atoms with E-state index in [1.807, 2.05) is 0 Å². The zero-order chi connectivity index (χ0) is 13.6. The average Bonchev–Trinajstić information content (AvgIpc) is 2.36. The highest BCUT2D eigenvalue weighted by Gasteiger charge is 2.37. The van der Waals surface area contributed by atoms with Crippen LogP contribution in [-0.4, -0.2) is 30.7 Å². The number of amides is 1. The summed E-state index contributed by atoms with van der Waals surface area (Å²) in [5.74, 6) is 0.0832. The van der Waals surface area contributed by atoms with E-state index in [0.29, 0.717) is 19.5 Å². The van der Waals surface area contributed by atoms with Crippen LogP contribution in [0.4, 0.5) is 0 Å². The third-order valence-corrected chi connectivity index (χ3v) is 4.88. The predicted molar refractivity (Wildman–Crippen MR) is 73.1 cm³/mol. The number of aliphatic hydroxyl groups excluding tert-OH is 1. The maximum atomic E-state index is 12.0. The highest BCUT2D eigenvalue weighted by molar-refractivity contribution is 5.76. The van der Waals surface area contributed by atoms with Crippen LogP contribution in [-0.2, 0) is 4.79 Å². The third-order valence-electron chi connectivity index (χ3n) is 4.88. The molecule has 1 saturated carbocycles. The number of carbonyl (C=O) groups is 1. The molecule has 0 spiro atoms. The second-order valence-electron chi connectivity index (χ2n) is 5.88. The van der Waals surface area contributed by atoms with Crippen LogP contribution in [0.2, 0.25) is 0 Å². The summed E-state index contributed by atoms with van der Waals surface area (Å²) in [5.41, 5.74) is 5.66. The molecule has 0 heterocycles. The third kappa shape index (κ3) is 3.45. The number of aliphatic hydroxyl groups is 1. The lowest BCUT2D eigenvalue weighted by Crippen LogP contribution is -2.45. The molecular weight excluding hydrogens is 228 g/mol. The van der Waals surface area contributed by atoms with E-state index in [4.69, 9.17) is 5.73 Å². The second-order valence-corrected chi connectivity index (χ2v) is 5.88. The van der Waals surface area contributed by atoms with Crippen LogP contribution >= 0.6 is 0 Å². The second kappa shape index (κ2) is 6.53. The molecule has 1 aliphatic rings. The molecule has 1 rings (SSSR count). The molecule has 1 amide bonds. The van der Waals surface area contributed by atoms with Crippen LogP contribution in [0.3, 0.4) is 0 Å². The van der Waals surface area contributed by atoms with Crippen LogP contribution in [0, 0.1) is 10.8 Å². The van der Waals surface area contributed by atoms with E-state index in [1.165, 1.54) is 6.42 Å². The largest absolute Gasteiger partial charge is 0.396 e. The van der Waals surface area contributed by atoms with E-state index < -0.39 is 0 Å².